The van der Waals surface area contributed by atoms with Crippen molar-refractivity contribution < 1.29 is 29.0 Å². The number of fused-ring (bicyclic) bond motifs is 2. The van der Waals surface area contributed by atoms with Gasteiger partial charge in [-0.1, -0.05) is 97.1 Å². The monoisotopic (exact) mass is 816 g/mol. The minimum absolute atomic E-state index is 0.218. The van der Waals surface area contributed by atoms with Gasteiger partial charge in [-0.25, -0.2) is 19.6 Å². The number of hydrogen-bond donors (Lipinski definition) is 5. The van der Waals surface area contributed by atoms with Crippen LogP contribution >= 0.6 is 0 Å². The van der Waals surface area contributed by atoms with Crippen LogP contribution in [0.4, 0.5) is 9.59 Å². The number of ether oxygens (including phenoxy) is 1. The first-order valence-corrected chi connectivity index (χ1v) is 20.4. The number of carboxylic acid groups (broad SMARTS) is 1. The number of benzene rings is 5. The summed E-state index contributed by atoms with van der Waals surface area (Å²) >= 11 is 0. The molecule has 61 heavy (non-hydrogen) atoms. The highest BCUT2D eigenvalue weighted by Crippen LogP contribution is 2.37. The molecular formula is C47H44N8O6. The maximum absolute atomic E-state index is 14.0. The predicted octanol–water partition coefficient (Wildman–Crippen LogP) is 8.21. The third-order valence-electron chi connectivity index (χ3n) is 11.7. The average Bonchev–Trinajstić information content (AvgIpc) is 4.13. The van der Waals surface area contributed by atoms with Gasteiger partial charge in [0, 0.05) is 13.1 Å². The number of nitrogens with zero attached hydrogens (tertiary/aromatic N) is 4. The summed E-state index contributed by atoms with van der Waals surface area (Å²) in [5, 5.41) is 14.7. The summed E-state index contributed by atoms with van der Waals surface area (Å²) in [5.74, 6) is 0.853. The lowest BCUT2D eigenvalue weighted by Gasteiger charge is -2.28. The lowest BCUT2D eigenvalue weighted by molar-refractivity contribution is -0.135. The van der Waals surface area contributed by atoms with Crippen molar-refractivity contribution in [3.8, 4) is 22.3 Å². The molecule has 2 aromatic heterocycles. The zero-order chi connectivity index (χ0) is 42.0. The number of aromatic nitrogens is 4. The van der Waals surface area contributed by atoms with Crippen molar-refractivity contribution in [2.45, 2.75) is 49.9 Å². The normalized spacial score (nSPS) is 17.3. The van der Waals surface area contributed by atoms with Gasteiger partial charge in [0.25, 0.3) is 11.8 Å². The second kappa shape index (κ2) is 16.6. The van der Waals surface area contributed by atoms with Crippen LogP contribution in [0.15, 0.2) is 121 Å². The molecule has 4 heterocycles. The molecule has 2 aliphatic rings. The summed E-state index contributed by atoms with van der Waals surface area (Å²) in [7, 11) is 1.28. The van der Waals surface area contributed by atoms with Crippen LogP contribution in [-0.4, -0.2) is 79.0 Å². The van der Waals surface area contributed by atoms with E-state index in [1.54, 1.807) is 34.1 Å². The standard InChI is InChI=1S/C47H44N8O6/c1-61-47(60)53-41(31-12-6-3-7-13-31)45(57)55-25-9-15-39(55)43-49-35-23-21-33(27-37(35)51-43)29-18-16-28(17-19-29)32-20-22-34-36(26-32)50-42(48-34)38-14-8-24-54(38)44(56)40(52-46(58)59)30-10-4-2-5-11-30/h2-7,10-13,16-23,26-27,38-41,52H,8-9,14-15,24-25H2,1H3,(H,48,50)(H,49,51)(H,53,60)(H,58,59)/t38-,39-,40-,41-/m0/s1. The molecule has 9 rings (SSSR count). The van der Waals surface area contributed by atoms with Crippen molar-refractivity contribution >= 4 is 46.1 Å². The number of alkyl carbamates (subject to hydrolysis) is 1. The number of amides is 4. The number of carbonyl (C=O) groups excluding carboxylic acids is 3. The Morgan fingerprint density at radius 2 is 1.05 bits per heavy atom. The van der Waals surface area contributed by atoms with Crippen LogP contribution in [0.2, 0.25) is 0 Å². The molecule has 14 nitrogen and oxygen atoms in total. The molecule has 0 bridgehead atoms. The van der Waals surface area contributed by atoms with Gasteiger partial charge in [0.15, 0.2) is 0 Å². The van der Waals surface area contributed by atoms with Crippen molar-refractivity contribution in [1.82, 2.24) is 40.4 Å². The third kappa shape index (κ3) is 7.87. The summed E-state index contributed by atoms with van der Waals surface area (Å²) < 4.78 is 4.84. The zero-order valence-electron chi connectivity index (χ0n) is 33.4. The highest BCUT2D eigenvalue weighted by atomic mass is 16.5. The maximum atomic E-state index is 14.0. The number of nitrogens with one attached hydrogen (secondary N) is 4. The Morgan fingerprint density at radius 3 is 1.48 bits per heavy atom. The van der Waals surface area contributed by atoms with Crippen molar-refractivity contribution in [2.75, 3.05) is 20.2 Å². The topological polar surface area (TPSA) is 186 Å². The molecule has 2 saturated heterocycles. The summed E-state index contributed by atoms with van der Waals surface area (Å²) in [4.78, 5) is 72.0. The van der Waals surface area contributed by atoms with E-state index in [4.69, 9.17) is 14.7 Å². The second-order valence-corrected chi connectivity index (χ2v) is 15.4. The van der Waals surface area contributed by atoms with Gasteiger partial charge in [-0.05, 0) is 83.3 Å². The van der Waals surface area contributed by atoms with Crippen LogP contribution in [0.3, 0.4) is 0 Å². The molecule has 7 aromatic rings. The van der Waals surface area contributed by atoms with E-state index in [-0.39, 0.29) is 23.9 Å². The number of H-pyrrole nitrogens is 2. The van der Waals surface area contributed by atoms with E-state index in [9.17, 15) is 24.3 Å². The summed E-state index contributed by atoms with van der Waals surface area (Å²) in [5.41, 5.74) is 8.61. The summed E-state index contributed by atoms with van der Waals surface area (Å²) in [6.07, 6.45) is 1.11. The fourth-order valence-corrected chi connectivity index (χ4v) is 8.72. The van der Waals surface area contributed by atoms with E-state index >= 15 is 0 Å². The van der Waals surface area contributed by atoms with E-state index < -0.39 is 24.3 Å². The maximum Gasteiger partial charge on any atom is 0.407 e. The van der Waals surface area contributed by atoms with Gasteiger partial charge in [-0.15, -0.1) is 0 Å². The molecule has 0 radical (unpaired) electrons. The van der Waals surface area contributed by atoms with Gasteiger partial charge in [0.05, 0.1) is 41.3 Å². The first kappa shape index (κ1) is 39.0. The molecule has 0 spiro atoms. The lowest BCUT2D eigenvalue weighted by atomic mass is 10.00. The zero-order valence-corrected chi connectivity index (χ0v) is 33.4. The fourth-order valence-electron chi connectivity index (χ4n) is 8.72. The van der Waals surface area contributed by atoms with E-state index in [2.05, 4.69) is 57.0 Å². The van der Waals surface area contributed by atoms with Gasteiger partial charge in [0.1, 0.15) is 23.7 Å². The molecule has 0 unspecified atom stereocenters. The van der Waals surface area contributed by atoms with Crippen LogP contribution in [0.25, 0.3) is 44.3 Å². The van der Waals surface area contributed by atoms with E-state index in [0.29, 0.717) is 42.3 Å². The summed E-state index contributed by atoms with van der Waals surface area (Å²) in [6, 6.07) is 36.1. The van der Waals surface area contributed by atoms with Crippen LogP contribution in [0.1, 0.15) is 72.6 Å². The molecule has 5 N–H and O–H groups in total. The first-order valence-electron chi connectivity index (χ1n) is 20.4. The largest absolute Gasteiger partial charge is 0.465 e. The SMILES string of the molecule is COC(=O)N[C@H](C(=O)N1CCC[C@H]1c1nc2ccc(-c3ccc(-c4ccc5nc([C@@H]6CCCN6C(=O)[C@@H](NC(=O)O)c6ccccc6)[nH]c5c4)cc3)cc2[nH]1)c1ccccc1. The Bertz CT molecular complexity index is 2730. The van der Waals surface area contributed by atoms with Crippen molar-refractivity contribution in [3.63, 3.8) is 0 Å². The molecule has 14 heteroatoms. The van der Waals surface area contributed by atoms with Gasteiger partial charge in [-0.3, -0.25) is 9.59 Å². The highest BCUT2D eigenvalue weighted by Gasteiger charge is 2.38. The first-order chi connectivity index (χ1) is 29.7. The Kier molecular flexibility index (Phi) is 10.6. The van der Waals surface area contributed by atoms with Crippen molar-refractivity contribution in [1.29, 1.82) is 0 Å². The molecule has 0 saturated carbocycles. The quantitative estimate of drug-likeness (QED) is 0.0914. The molecular weight excluding hydrogens is 773 g/mol. The molecule has 308 valence electrons. The Balaban J connectivity index is 0.911. The average molecular weight is 817 g/mol. The summed E-state index contributed by atoms with van der Waals surface area (Å²) in [6.45, 7) is 1.05. The number of carbonyl (C=O) groups is 4. The fraction of sp³-hybridized carbons (Fsp3) is 0.234. The highest BCUT2D eigenvalue weighted by molar-refractivity contribution is 5.89. The minimum atomic E-state index is -1.26. The smallest absolute Gasteiger partial charge is 0.407 e. The third-order valence-corrected chi connectivity index (χ3v) is 11.7. The van der Waals surface area contributed by atoms with Gasteiger partial charge in [-0.2, -0.15) is 0 Å². The Morgan fingerprint density at radius 1 is 0.623 bits per heavy atom. The van der Waals surface area contributed by atoms with Gasteiger partial charge < -0.3 is 40.2 Å². The number of rotatable bonds is 10. The van der Waals surface area contributed by atoms with E-state index in [1.807, 2.05) is 60.7 Å². The molecule has 4 amide bonds. The molecule has 4 atom stereocenters. The lowest BCUT2D eigenvalue weighted by Crippen LogP contribution is -2.42. The van der Waals surface area contributed by atoms with Crippen molar-refractivity contribution in [3.05, 3.63) is 144 Å². The van der Waals surface area contributed by atoms with Crippen LogP contribution in [-0.2, 0) is 14.3 Å². The molecule has 2 aliphatic heterocycles. The van der Waals surface area contributed by atoms with Gasteiger partial charge in [0.2, 0.25) is 0 Å². The molecule has 2 fully saturated rings. The number of methoxy groups -OCH3 is 1. The Labute approximate surface area is 351 Å². The molecule has 0 aliphatic carbocycles. The predicted molar refractivity (Wildman–Crippen MR) is 229 cm³/mol. The number of imidazole rings is 2. The number of likely N-dealkylation sites (tertiary alicyclic amines) is 2. The van der Waals surface area contributed by atoms with Crippen molar-refractivity contribution in [2.24, 2.45) is 0 Å². The van der Waals surface area contributed by atoms with Crippen LogP contribution in [0.5, 0.6) is 0 Å². The molecule has 5 aromatic carbocycles. The minimum Gasteiger partial charge on any atom is -0.465 e. The van der Waals surface area contributed by atoms with E-state index in [1.165, 1.54) is 7.11 Å². The van der Waals surface area contributed by atoms with Crippen LogP contribution < -0.4 is 10.6 Å². The number of hydrogen-bond acceptors (Lipinski definition) is 7. The Hall–Kier alpha value is -7.48. The van der Waals surface area contributed by atoms with Gasteiger partial charge >= 0.3 is 12.2 Å². The van der Waals surface area contributed by atoms with Crippen LogP contribution in [0, 0.1) is 0 Å². The number of aromatic amines is 2. The second-order valence-electron chi connectivity index (χ2n) is 15.4. The van der Waals surface area contributed by atoms with E-state index in [0.717, 1.165) is 63.6 Å².